The Morgan fingerprint density at radius 2 is 1.32 bits per heavy atom. The Morgan fingerprint density at radius 3 is 1.61 bits per heavy atom. The monoisotopic (exact) mass is 666 g/mol. The summed E-state index contributed by atoms with van der Waals surface area (Å²) in [6.07, 6.45) is -0.863. The molecule has 0 radical (unpaired) electrons. The van der Waals surface area contributed by atoms with E-state index >= 15 is 0 Å². The van der Waals surface area contributed by atoms with Gasteiger partial charge < -0.3 is 16.4 Å². The van der Waals surface area contributed by atoms with Gasteiger partial charge in [-0.2, -0.15) is 19.7 Å². The molecule has 0 atom stereocenters. The van der Waals surface area contributed by atoms with Crippen molar-refractivity contribution < 1.29 is 74.1 Å². The molecule has 0 spiro atoms. The van der Waals surface area contributed by atoms with Crippen LogP contribution >= 0.6 is 11.9 Å². The summed E-state index contributed by atoms with van der Waals surface area (Å²) in [5.74, 6) is -0.795. The topological polar surface area (TPSA) is 112 Å². The van der Waals surface area contributed by atoms with Crippen molar-refractivity contribution in [1.29, 1.82) is 0 Å². The molecule has 0 unspecified atom stereocenters. The number of carbonyl (C=O) groups excluding carboxylic acids is 2. The summed E-state index contributed by atoms with van der Waals surface area (Å²) in [6, 6.07) is 18.0. The van der Waals surface area contributed by atoms with Crippen LogP contribution in [-0.4, -0.2) is 37.5 Å². The van der Waals surface area contributed by atoms with E-state index in [1.165, 1.54) is 25.2 Å². The molecule has 2 aromatic carbocycles. The molecule has 0 saturated heterocycles. The Bertz CT molecular complexity index is 939. The first kappa shape index (κ1) is 49.7. The number of carbonyl (C=O) groups is 2. The minimum Gasteiger partial charge on any atom is -0.662 e. The third-order valence-corrected chi connectivity index (χ3v) is 5.95. The minimum absolute atomic E-state index is 0. The molecule has 0 heterocycles. The van der Waals surface area contributed by atoms with Crippen molar-refractivity contribution in [2.24, 2.45) is 10.9 Å². The number of alkyl halides is 3. The average molecular weight is 667 g/mol. The van der Waals surface area contributed by atoms with Crippen molar-refractivity contribution in [2.75, 3.05) is 19.6 Å². The molecule has 0 aliphatic rings. The molecule has 2 rings (SSSR count). The van der Waals surface area contributed by atoms with Crippen LogP contribution in [0.5, 0.6) is 0 Å². The van der Waals surface area contributed by atoms with E-state index in [1.807, 2.05) is 46.8 Å². The number of benzene rings is 2. The fourth-order valence-corrected chi connectivity index (χ4v) is 3.69. The van der Waals surface area contributed by atoms with Crippen molar-refractivity contribution in [3.05, 3.63) is 88.2 Å². The molecular weight excluding hydrogens is 613 g/mol. The minimum atomic E-state index is -4.47. The molecule has 1 amide bonds. The van der Waals surface area contributed by atoms with Crippen molar-refractivity contribution in [1.82, 2.24) is 5.32 Å². The maximum absolute atomic E-state index is 13.1. The quantitative estimate of drug-likeness (QED) is 0.117. The third-order valence-electron chi connectivity index (χ3n) is 5.56. The molecular formula is C33H54F3KN4O2S. The largest absolute Gasteiger partial charge is 1.00 e. The number of ketones is 1. The maximum Gasteiger partial charge on any atom is 1.00 e. The van der Waals surface area contributed by atoms with Crippen LogP contribution < -0.4 is 67.6 Å². The Hall–Kier alpha value is -1.18. The van der Waals surface area contributed by atoms with Gasteiger partial charge in [0.25, 0.3) is 0 Å². The third kappa shape index (κ3) is 22.3. The first-order valence-electron chi connectivity index (χ1n) is 14.9. The second kappa shape index (κ2) is 31.8. The SMILES string of the molecule is CC.CC.CC(=O)/C(N)=C/SN.CCCC.CC[N-]CCCC(C(=O)NCC(F)(F)F)(c1ccccc1)c1ccccc1.[K+]. The van der Waals surface area contributed by atoms with E-state index in [2.05, 4.69) is 24.5 Å². The molecule has 44 heavy (non-hydrogen) atoms. The first-order valence-corrected chi connectivity index (χ1v) is 15.9. The van der Waals surface area contributed by atoms with Gasteiger partial charge in [-0.25, -0.2) is 0 Å². The van der Waals surface area contributed by atoms with Crippen molar-refractivity contribution in [3.63, 3.8) is 0 Å². The molecule has 2 aromatic rings. The van der Waals surface area contributed by atoms with Crippen LogP contribution in [0.2, 0.25) is 0 Å². The van der Waals surface area contributed by atoms with Gasteiger partial charge in [0, 0.05) is 12.3 Å². The number of nitrogens with two attached hydrogens (primary N) is 2. The predicted molar refractivity (Wildman–Crippen MR) is 179 cm³/mol. The summed E-state index contributed by atoms with van der Waals surface area (Å²) < 4.78 is 38.2. The molecule has 0 aromatic heterocycles. The number of amides is 1. The van der Waals surface area contributed by atoms with E-state index < -0.39 is 24.0 Å². The standard InChI is InChI=1S/C21H24F3N2O.C4H8N2OS.C4H10.2C2H6.K/c1-2-25-15-9-14-20(17-10-5-3-6-11-17,18-12-7-4-8-13-18)19(27)26-16-21(22,23)24;1-3(7)4(5)2-8-6;1-3-4-2;2*1-2;/h3-8,10-13H,2,9,14-16H2,1H3,(H,26,27);2H,5-6H2,1H3;3-4H2,1-2H3;2*1-2H3;/q-1;;;;;+1/b;4-2-;;;;. The smallest absolute Gasteiger partial charge is 0.662 e. The van der Waals surface area contributed by atoms with Crippen molar-refractivity contribution in [3.8, 4) is 0 Å². The van der Waals surface area contributed by atoms with Crippen LogP contribution in [0.4, 0.5) is 13.2 Å². The van der Waals surface area contributed by atoms with Crippen molar-refractivity contribution >= 4 is 23.6 Å². The van der Waals surface area contributed by atoms with Crippen LogP contribution in [0.1, 0.15) is 92.2 Å². The van der Waals surface area contributed by atoms with Crippen LogP contribution in [0, 0.1) is 0 Å². The number of hydrogen-bond acceptors (Lipinski definition) is 5. The molecule has 11 heteroatoms. The molecule has 246 valence electrons. The van der Waals surface area contributed by atoms with E-state index in [1.54, 1.807) is 48.5 Å². The summed E-state index contributed by atoms with van der Waals surface area (Å²) >= 11 is 0.930. The summed E-state index contributed by atoms with van der Waals surface area (Å²) in [4.78, 5) is 23.4. The van der Waals surface area contributed by atoms with Gasteiger partial charge in [-0.1, -0.05) is 140 Å². The molecule has 0 fully saturated rings. The number of Topliss-reactive ketones (excluding diaryl/α,β-unsaturated/α-hetero) is 1. The number of rotatable bonds is 12. The van der Waals surface area contributed by atoms with Gasteiger partial charge in [-0.05, 0) is 17.5 Å². The van der Waals surface area contributed by atoms with Crippen LogP contribution in [0.3, 0.4) is 0 Å². The van der Waals surface area contributed by atoms with E-state index in [9.17, 15) is 22.8 Å². The van der Waals surface area contributed by atoms with Crippen molar-refractivity contribution in [2.45, 2.75) is 92.7 Å². The van der Waals surface area contributed by atoms with Gasteiger partial charge in [0.1, 0.15) is 6.54 Å². The molecule has 0 aliphatic heterocycles. The Labute approximate surface area is 311 Å². The molecule has 0 bridgehead atoms. The number of halogens is 3. The second-order valence-corrected chi connectivity index (χ2v) is 9.08. The molecule has 6 nitrogen and oxygen atoms in total. The number of allylic oxidation sites excluding steroid dienone is 1. The number of nitrogens with one attached hydrogen (secondary N) is 1. The van der Waals surface area contributed by atoms with Gasteiger partial charge in [-0.3, -0.25) is 14.7 Å². The first-order chi connectivity index (χ1) is 20.5. The van der Waals surface area contributed by atoms with E-state index in [0.717, 1.165) is 11.9 Å². The summed E-state index contributed by atoms with van der Waals surface area (Å²) in [7, 11) is 0. The van der Waals surface area contributed by atoms with Crippen LogP contribution in [-0.2, 0) is 15.0 Å². The fraction of sp³-hybridized carbons (Fsp3) is 0.515. The van der Waals surface area contributed by atoms with Gasteiger partial charge in [-0.15, -0.1) is 6.54 Å². The summed E-state index contributed by atoms with van der Waals surface area (Å²) in [6.45, 7) is 15.6. The Morgan fingerprint density at radius 1 is 0.886 bits per heavy atom. The summed E-state index contributed by atoms with van der Waals surface area (Å²) in [5.41, 5.74) is 5.49. The van der Waals surface area contributed by atoms with Gasteiger partial charge in [0.05, 0.1) is 11.1 Å². The Balaban J connectivity index is -0.000000393. The fourth-order valence-electron chi connectivity index (χ4n) is 3.38. The second-order valence-electron chi connectivity index (χ2n) is 8.57. The zero-order valence-electron chi connectivity index (χ0n) is 28.3. The van der Waals surface area contributed by atoms with Gasteiger partial charge in [0.15, 0.2) is 5.78 Å². The van der Waals surface area contributed by atoms with Crippen LogP contribution in [0.15, 0.2) is 71.8 Å². The van der Waals surface area contributed by atoms with E-state index in [-0.39, 0.29) is 62.9 Å². The number of nitrogens with zero attached hydrogens (tertiary/aromatic N) is 1. The number of hydrogen-bond donors (Lipinski definition) is 3. The van der Waals surface area contributed by atoms with Crippen LogP contribution in [0.25, 0.3) is 5.32 Å². The zero-order chi connectivity index (χ0) is 33.7. The number of unbranched alkanes of at least 4 members (excludes halogenated alkanes) is 1. The molecule has 0 saturated carbocycles. The van der Waals surface area contributed by atoms with Gasteiger partial charge >= 0.3 is 57.6 Å². The molecule has 0 aliphatic carbocycles. The average Bonchev–Trinajstić information content (AvgIpc) is 3.03. The van der Waals surface area contributed by atoms with E-state index in [4.69, 9.17) is 10.9 Å². The Kier molecular flexibility index (Phi) is 35.9. The predicted octanol–water partition coefficient (Wildman–Crippen LogP) is 5.67. The van der Waals surface area contributed by atoms with Gasteiger partial charge in [0.2, 0.25) is 5.91 Å². The summed E-state index contributed by atoms with van der Waals surface area (Å²) in [5, 5.41) is 12.8. The normalized spacial score (nSPS) is 10.4. The zero-order valence-corrected chi connectivity index (χ0v) is 32.2. The molecule has 5 N–H and O–H groups in total. The maximum atomic E-state index is 13.1. The van der Waals surface area contributed by atoms with E-state index in [0.29, 0.717) is 37.1 Å².